The van der Waals surface area contributed by atoms with Crippen LogP contribution < -0.4 is 5.32 Å². The number of likely N-dealkylation sites (N-methyl/N-ethyl adjacent to an activating group) is 1. The van der Waals surface area contributed by atoms with Crippen LogP contribution in [0.5, 0.6) is 0 Å². The SMILES string of the molecule is CN(CCc1ccccc1)C[C@@H]1OC[C@H](NCc2ccc(S(C)(=O)=O)cc2)[C@H]1O. The molecule has 1 aliphatic heterocycles. The molecule has 7 heteroatoms. The highest BCUT2D eigenvalue weighted by atomic mass is 32.2. The molecular weight excluding hydrogens is 388 g/mol. The Balaban J connectivity index is 1.44. The summed E-state index contributed by atoms with van der Waals surface area (Å²) in [5.74, 6) is 0. The van der Waals surface area contributed by atoms with E-state index in [0.29, 0.717) is 24.6 Å². The first-order chi connectivity index (χ1) is 13.8. The molecule has 29 heavy (non-hydrogen) atoms. The summed E-state index contributed by atoms with van der Waals surface area (Å²) in [5, 5.41) is 13.9. The number of nitrogens with one attached hydrogen (secondary N) is 1. The van der Waals surface area contributed by atoms with Crippen LogP contribution in [0.4, 0.5) is 0 Å². The predicted octanol–water partition coefficient (Wildman–Crippen LogP) is 1.48. The van der Waals surface area contributed by atoms with E-state index >= 15 is 0 Å². The van der Waals surface area contributed by atoms with E-state index < -0.39 is 15.9 Å². The Morgan fingerprint density at radius 3 is 2.45 bits per heavy atom. The van der Waals surface area contributed by atoms with Gasteiger partial charge in [0, 0.05) is 25.9 Å². The van der Waals surface area contributed by atoms with Gasteiger partial charge in [-0.25, -0.2) is 8.42 Å². The summed E-state index contributed by atoms with van der Waals surface area (Å²) < 4.78 is 28.9. The van der Waals surface area contributed by atoms with Gasteiger partial charge in [-0.3, -0.25) is 0 Å². The zero-order valence-electron chi connectivity index (χ0n) is 17.0. The normalized spacial score (nSPS) is 22.3. The van der Waals surface area contributed by atoms with Crippen molar-refractivity contribution in [3.63, 3.8) is 0 Å². The fourth-order valence-corrected chi connectivity index (χ4v) is 4.12. The molecule has 3 rings (SSSR count). The molecule has 1 aliphatic rings. The van der Waals surface area contributed by atoms with Crippen LogP contribution in [0.15, 0.2) is 59.5 Å². The maximum Gasteiger partial charge on any atom is 0.175 e. The van der Waals surface area contributed by atoms with Gasteiger partial charge in [0.25, 0.3) is 0 Å². The van der Waals surface area contributed by atoms with Crippen molar-refractivity contribution in [2.75, 3.05) is 33.0 Å². The fraction of sp³-hybridized carbons (Fsp3) is 0.455. The maximum atomic E-state index is 11.5. The van der Waals surface area contributed by atoms with Crippen LogP contribution in [-0.4, -0.2) is 69.7 Å². The summed E-state index contributed by atoms with van der Waals surface area (Å²) in [6.45, 7) is 2.59. The van der Waals surface area contributed by atoms with E-state index in [1.807, 2.05) is 25.2 Å². The van der Waals surface area contributed by atoms with Gasteiger partial charge in [-0.05, 0) is 36.7 Å². The third kappa shape index (κ3) is 6.35. The van der Waals surface area contributed by atoms with Crippen molar-refractivity contribution >= 4 is 9.84 Å². The second-order valence-electron chi connectivity index (χ2n) is 7.76. The number of benzene rings is 2. The Morgan fingerprint density at radius 1 is 1.10 bits per heavy atom. The zero-order valence-corrected chi connectivity index (χ0v) is 17.8. The molecular formula is C22H30N2O4S. The predicted molar refractivity (Wildman–Crippen MR) is 114 cm³/mol. The number of ether oxygens (including phenoxy) is 1. The van der Waals surface area contributed by atoms with Gasteiger partial charge in [0.2, 0.25) is 0 Å². The summed E-state index contributed by atoms with van der Waals surface area (Å²) >= 11 is 0. The monoisotopic (exact) mass is 418 g/mol. The van der Waals surface area contributed by atoms with Crippen molar-refractivity contribution in [3.8, 4) is 0 Å². The first-order valence-corrected chi connectivity index (χ1v) is 11.8. The number of sulfone groups is 1. The van der Waals surface area contributed by atoms with E-state index in [2.05, 4.69) is 22.3 Å². The Labute approximate surface area is 173 Å². The Kier molecular flexibility index (Phi) is 7.43. The minimum Gasteiger partial charge on any atom is -0.389 e. The summed E-state index contributed by atoms with van der Waals surface area (Å²) in [5.41, 5.74) is 2.27. The van der Waals surface area contributed by atoms with Gasteiger partial charge < -0.3 is 20.1 Å². The first kappa shape index (κ1) is 21.9. The van der Waals surface area contributed by atoms with Crippen molar-refractivity contribution in [2.45, 2.75) is 36.1 Å². The van der Waals surface area contributed by atoms with Crippen molar-refractivity contribution in [3.05, 3.63) is 65.7 Å². The number of hydrogen-bond acceptors (Lipinski definition) is 6. The Hall–Kier alpha value is -1.77. The molecule has 0 amide bonds. The standard InChI is InChI=1S/C22H30N2O4S/c1-24(13-12-17-6-4-3-5-7-17)15-21-22(25)20(16-28-21)23-14-18-8-10-19(11-9-18)29(2,26)27/h3-11,20-23,25H,12-16H2,1-2H3/t20-,21-,22+/m0/s1. The average Bonchev–Trinajstić information content (AvgIpc) is 3.05. The lowest BCUT2D eigenvalue weighted by atomic mass is 10.1. The zero-order chi connectivity index (χ0) is 20.9. The molecule has 1 saturated heterocycles. The van der Waals surface area contributed by atoms with E-state index in [1.54, 1.807) is 24.3 Å². The minimum absolute atomic E-state index is 0.142. The summed E-state index contributed by atoms with van der Waals surface area (Å²) in [7, 11) is -1.14. The van der Waals surface area contributed by atoms with E-state index in [-0.39, 0.29) is 12.1 Å². The molecule has 1 fully saturated rings. The smallest absolute Gasteiger partial charge is 0.175 e. The molecule has 6 nitrogen and oxygen atoms in total. The van der Waals surface area contributed by atoms with Crippen LogP contribution in [0.3, 0.4) is 0 Å². The lowest BCUT2D eigenvalue weighted by Gasteiger charge is -2.24. The van der Waals surface area contributed by atoms with Crippen LogP contribution in [0, 0.1) is 0 Å². The summed E-state index contributed by atoms with van der Waals surface area (Å²) in [4.78, 5) is 2.50. The molecule has 0 saturated carbocycles. The second kappa shape index (κ2) is 9.82. The van der Waals surface area contributed by atoms with Crippen LogP contribution in [0.1, 0.15) is 11.1 Å². The highest BCUT2D eigenvalue weighted by Crippen LogP contribution is 2.17. The van der Waals surface area contributed by atoms with Crippen molar-refractivity contribution in [1.82, 2.24) is 10.2 Å². The van der Waals surface area contributed by atoms with E-state index in [0.717, 1.165) is 18.5 Å². The highest BCUT2D eigenvalue weighted by Gasteiger charge is 2.35. The topological polar surface area (TPSA) is 78.9 Å². The van der Waals surface area contributed by atoms with Gasteiger partial charge >= 0.3 is 0 Å². The van der Waals surface area contributed by atoms with Gasteiger partial charge in [0.05, 0.1) is 29.8 Å². The Bertz CT molecular complexity index is 871. The molecule has 0 radical (unpaired) electrons. The van der Waals surface area contributed by atoms with Crippen molar-refractivity contribution in [1.29, 1.82) is 0 Å². The van der Waals surface area contributed by atoms with E-state index in [9.17, 15) is 13.5 Å². The molecule has 2 aromatic rings. The molecule has 1 heterocycles. The molecule has 0 bridgehead atoms. The molecule has 0 unspecified atom stereocenters. The van der Waals surface area contributed by atoms with Crippen LogP contribution in [0.25, 0.3) is 0 Å². The average molecular weight is 419 g/mol. The van der Waals surface area contributed by atoms with Gasteiger partial charge in [0.1, 0.15) is 0 Å². The lowest BCUT2D eigenvalue weighted by molar-refractivity contribution is 0.0202. The molecule has 0 spiro atoms. The van der Waals surface area contributed by atoms with E-state index in [4.69, 9.17) is 4.74 Å². The largest absolute Gasteiger partial charge is 0.389 e. The second-order valence-corrected chi connectivity index (χ2v) is 9.78. The lowest BCUT2D eigenvalue weighted by Crippen LogP contribution is -2.44. The molecule has 0 aromatic heterocycles. The molecule has 2 N–H and O–H groups in total. The maximum absolute atomic E-state index is 11.5. The minimum atomic E-state index is -3.19. The molecule has 2 aromatic carbocycles. The fourth-order valence-electron chi connectivity index (χ4n) is 3.49. The highest BCUT2D eigenvalue weighted by molar-refractivity contribution is 7.90. The number of aliphatic hydroxyl groups is 1. The van der Waals surface area contributed by atoms with Gasteiger partial charge in [-0.2, -0.15) is 0 Å². The number of aliphatic hydroxyl groups excluding tert-OH is 1. The number of hydrogen-bond donors (Lipinski definition) is 2. The quantitative estimate of drug-likeness (QED) is 0.642. The molecule has 0 aliphatic carbocycles. The van der Waals surface area contributed by atoms with E-state index in [1.165, 1.54) is 11.8 Å². The van der Waals surface area contributed by atoms with Crippen LogP contribution >= 0.6 is 0 Å². The van der Waals surface area contributed by atoms with Crippen LogP contribution in [0.2, 0.25) is 0 Å². The van der Waals surface area contributed by atoms with Crippen LogP contribution in [-0.2, 0) is 27.5 Å². The first-order valence-electron chi connectivity index (χ1n) is 9.87. The van der Waals surface area contributed by atoms with Crippen molar-refractivity contribution in [2.24, 2.45) is 0 Å². The number of nitrogens with zero attached hydrogens (tertiary/aromatic N) is 1. The Morgan fingerprint density at radius 2 is 1.79 bits per heavy atom. The summed E-state index contributed by atoms with van der Waals surface area (Å²) in [6, 6.07) is 17.0. The van der Waals surface area contributed by atoms with Gasteiger partial charge in [-0.15, -0.1) is 0 Å². The summed E-state index contributed by atoms with van der Waals surface area (Å²) in [6.07, 6.45) is 1.36. The van der Waals surface area contributed by atoms with Gasteiger partial charge in [0.15, 0.2) is 9.84 Å². The van der Waals surface area contributed by atoms with Gasteiger partial charge in [-0.1, -0.05) is 42.5 Å². The molecule has 3 atom stereocenters. The third-order valence-corrected chi connectivity index (χ3v) is 6.45. The van der Waals surface area contributed by atoms with Crippen molar-refractivity contribution < 1.29 is 18.3 Å². The number of rotatable bonds is 9. The third-order valence-electron chi connectivity index (χ3n) is 5.32. The molecule has 158 valence electrons.